The van der Waals surface area contributed by atoms with E-state index in [4.69, 9.17) is 0 Å². The van der Waals surface area contributed by atoms with Gasteiger partial charge in [-0.05, 0) is 35.9 Å². The van der Waals surface area contributed by atoms with Crippen LogP contribution in [-0.2, 0) is 5.41 Å². The normalized spacial score (nSPS) is 17.9. The van der Waals surface area contributed by atoms with Crippen molar-refractivity contribution < 1.29 is 0 Å². The fourth-order valence-corrected chi connectivity index (χ4v) is 3.17. The van der Waals surface area contributed by atoms with E-state index in [9.17, 15) is 5.26 Å². The lowest BCUT2D eigenvalue weighted by atomic mass is 9.83. The first-order valence-corrected chi connectivity index (χ1v) is 7.63. The van der Waals surface area contributed by atoms with Gasteiger partial charge in [-0.3, -0.25) is 4.98 Å². The summed E-state index contributed by atoms with van der Waals surface area (Å²) in [6, 6.07) is 16.3. The van der Waals surface area contributed by atoms with Crippen molar-refractivity contribution in [3.8, 4) is 6.07 Å². The van der Waals surface area contributed by atoms with Crippen molar-refractivity contribution in [1.82, 2.24) is 4.98 Å². The SMILES string of the molecule is CN1/C(=C/C=C(\C#N)c2ccccn2)C(C)(C)c2ccccc21. The zero-order valence-electron chi connectivity index (χ0n) is 13.6. The lowest BCUT2D eigenvalue weighted by molar-refractivity contribution is 0.640. The Morgan fingerprint density at radius 2 is 1.91 bits per heavy atom. The Morgan fingerprint density at radius 1 is 1.17 bits per heavy atom. The zero-order valence-corrected chi connectivity index (χ0v) is 13.6. The van der Waals surface area contributed by atoms with Gasteiger partial charge >= 0.3 is 0 Å². The van der Waals surface area contributed by atoms with E-state index in [1.54, 1.807) is 6.20 Å². The molecule has 3 rings (SSSR count). The van der Waals surface area contributed by atoms with Crippen LogP contribution in [-0.4, -0.2) is 12.0 Å². The van der Waals surface area contributed by atoms with Gasteiger partial charge in [-0.15, -0.1) is 0 Å². The van der Waals surface area contributed by atoms with Crippen LogP contribution < -0.4 is 4.90 Å². The van der Waals surface area contributed by atoms with Crippen LogP contribution >= 0.6 is 0 Å². The molecular formula is C20H19N3. The second-order valence-corrected chi connectivity index (χ2v) is 6.16. The number of rotatable bonds is 2. The molecule has 1 aliphatic heterocycles. The van der Waals surface area contributed by atoms with Gasteiger partial charge in [-0.1, -0.05) is 38.1 Å². The molecule has 1 aromatic carbocycles. The topological polar surface area (TPSA) is 39.9 Å². The highest BCUT2D eigenvalue weighted by atomic mass is 15.2. The number of fused-ring (bicyclic) bond motifs is 1. The van der Waals surface area contributed by atoms with Crippen LogP contribution in [0.5, 0.6) is 0 Å². The molecule has 3 heteroatoms. The summed E-state index contributed by atoms with van der Waals surface area (Å²) in [6.45, 7) is 4.42. The average molecular weight is 301 g/mol. The number of para-hydroxylation sites is 1. The average Bonchev–Trinajstić information content (AvgIpc) is 2.77. The third-order valence-corrected chi connectivity index (χ3v) is 4.41. The molecule has 0 spiro atoms. The van der Waals surface area contributed by atoms with Crippen LogP contribution in [0.1, 0.15) is 25.1 Å². The number of nitrogens with zero attached hydrogens (tertiary/aromatic N) is 3. The molecule has 0 fully saturated rings. The van der Waals surface area contributed by atoms with E-state index >= 15 is 0 Å². The number of allylic oxidation sites excluding steroid dienone is 4. The summed E-state index contributed by atoms with van der Waals surface area (Å²) in [5, 5.41) is 9.42. The Hall–Kier alpha value is -2.86. The van der Waals surface area contributed by atoms with Gasteiger partial charge in [0.15, 0.2) is 0 Å². The highest BCUT2D eigenvalue weighted by molar-refractivity contribution is 5.77. The van der Waals surface area contributed by atoms with Crippen LogP contribution in [0.25, 0.3) is 5.57 Å². The summed E-state index contributed by atoms with van der Waals surface area (Å²) in [5.74, 6) is 0. The number of hydrogen-bond acceptors (Lipinski definition) is 3. The second kappa shape index (κ2) is 5.73. The van der Waals surface area contributed by atoms with Gasteiger partial charge in [0.25, 0.3) is 0 Å². The Labute approximate surface area is 137 Å². The Bertz CT molecular complexity index is 823. The van der Waals surface area contributed by atoms with Crippen molar-refractivity contribution in [2.45, 2.75) is 19.3 Å². The number of pyridine rings is 1. The van der Waals surface area contributed by atoms with Gasteiger partial charge in [0.1, 0.15) is 6.07 Å². The zero-order chi connectivity index (χ0) is 16.4. The summed E-state index contributed by atoms with van der Waals surface area (Å²) in [4.78, 5) is 6.45. The molecule has 2 heterocycles. The van der Waals surface area contributed by atoms with Crippen molar-refractivity contribution in [3.63, 3.8) is 0 Å². The van der Waals surface area contributed by atoms with Crippen LogP contribution in [0.15, 0.2) is 66.5 Å². The summed E-state index contributed by atoms with van der Waals surface area (Å²) in [7, 11) is 2.07. The molecule has 2 aromatic rings. The molecule has 0 atom stereocenters. The molecule has 0 unspecified atom stereocenters. The number of benzene rings is 1. The number of nitriles is 1. The Kier molecular flexibility index (Phi) is 3.75. The lowest BCUT2D eigenvalue weighted by Gasteiger charge is -2.23. The Balaban J connectivity index is 2.04. The monoisotopic (exact) mass is 301 g/mol. The fraction of sp³-hybridized carbons (Fsp3) is 0.200. The van der Waals surface area contributed by atoms with E-state index in [1.807, 2.05) is 30.4 Å². The number of likely N-dealkylation sites (N-methyl/N-ethyl adjacent to an activating group) is 1. The van der Waals surface area contributed by atoms with E-state index in [0.717, 1.165) is 0 Å². The number of aromatic nitrogens is 1. The molecule has 0 aliphatic carbocycles. The van der Waals surface area contributed by atoms with Gasteiger partial charge in [-0.25, -0.2) is 0 Å². The van der Waals surface area contributed by atoms with E-state index < -0.39 is 0 Å². The highest BCUT2D eigenvalue weighted by Crippen LogP contribution is 2.46. The summed E-state index contributed by atoms with van der Waals surface area (Å²) in [6.07, 6.45) is 5.60. The van der Waals surface area contributed by atoms with Gasteiger partial charge in [0, 0.05) is 30.0 Å². The molecular weight excluding hydrogens is 282 g/mol. The molecule has 0 saturated heterocycles. The van der Waals surface area contributed by atoms with Crippen LogP contribution in [0.3, 0.4) is 0 Å². The molecule has 0 N–H and O–H groups in total. The first kappa shape index (κ1) is 15.1. The van der Waals surface area contributed by atoms with Crippen molar-refractivity contribution in [2.24, 2.45) is 0 Å². The Morgan fingerprint density at radius 3 is 2.57 bits per heavy atom. The maximum atomic E-state index is 9.42. The molecule has 1 aliphatic rings. The van der Waals surface area contributed by atoms with E-state index in [0.29, 0.717) is 11.3 Å². The molecule has 3 nitrogen and oxygen atoms in total. The molecule has 0 bridgehead atoms. The van der Waals surface area contributed by atoms with Crippen LogP contribution in [0, 0.1) is 11.3 Å². The highest BCUT2D eigenvalue weighted by Gasteiger charge is 2.37. The van der Waals surface area contributed by atoms with Crippen LogP contribution in [0.4, 0.5) is 5.69 Å². The van der Waals surface area contributed by atoms with E-state index in [-0.39, 0.29) is 5.41 Å². The van der Waals surface area contributed by atoms with Crippen molar-refractivity contribution in [1.29, 1.82) is 5.26 Å². The van der Waals surface area contributed by atoms with Gasteiger partial charge in [0.2, 0.25) is 0 Å². The maximum absolute atomic E-state index is 9.42. The first-order valence-electron chi connectivity index (χ1n) is 7.63. The molecule has 0 radical (unpaired) electrons. The van der Waals surface area contributed by atoms with Crippen molar-refractivity contribution >= 4 is 11.3 Å². The molecule has 114 valence electrons. The summed E-state index contributed by atoms with van der Waals surface area (Å²) in [5.41, 5.74) is 4.86. The predicted molar refractivity (Wildman–Crippen MR) is 93.8 cm³/mol. The minimum atomic E-state index is -0.0907. The van der Waals surface area contributed by atoms with Gasteiger partial charge < -0.3 is 4.90 Å². The molecule has 0 saturated carbocycles. The number of anilines is 1. The molecule has 1 aromatic heterocycles. The smallest absolute Gasteiger partial charge is 0.101 e. The van der Waals surface area contributed by atoms with E-state index in [1.165, 1.54) is 16.9 Å². The van der Waals surface area contributed by atoms with Gasteiger partial charge in [-0.2, -0.15) is 5.26 Å². The largest absolute Gasteiger partial charge is 0.347 e. The summed E-state index contributed by atoms with van der Waals surface area (Å²) < 4.78 is 0. The minimum absolute atomic E-state index is 0.0907. The van der Waals surface area contributed by atoms with Gasteiger partial charge in [0.05, 0.1) is 11.3 Å². The minimum Gasteiger partial charge on any atom is -0.347 e. The second-order valence-electron chi connectivity index (χ2n) is 6.16. The maximum Gasteiger partial charge on any atom is 0.101 e. The van der Waals surface area contributed by atoms with Crippen molar-refractivity contribution in [2.75, 3.05) is 11.9 Å². The quantitative estimate of drug-likeness (QED) is 0.776. The summed E-state index contributed by atoms with van der Waals surface area (Å²) >= 11 is 0. The fourth-order valence-electron chi connectivity index (χ4n) is 3.17. The first-order chi connectivity index (χ1) is 11.1. The molecule has 0 amide bonds. The third kappa shape index (κ3) is 2.53. The standard InChI is InChI=1S/C20H19N3/c1-20(2)16-8-4-5-10-18(16)23(3)19(20)12-11-15(14-21)17-9-6-7-13-22-17/h4-13H,1-3H3/b15-11+,19-12+. The van der Waals surface area contributed by atoms with Crippen molar-refractivity contribution in [3.05, 3.63) is 77.8 Å². The predicted octanol–water partition coefficient (Wildman–Crippen LogP) is 4.30. The third-order valence-electron chi connectivity index (χ3n) is 4.41. The van der Waals surface area contributed by atoms with E-state index in [2.05, 4.69) is 61.1 Å². The number of hydrogen-bond donors (Lipinski definition) is 0. The van der Waals surface area contributed by atoms with Crippen LogP contribution in [0.2, 0.25) is 0 Å². The molecule has 23 heavy (non-hydrogen) atoms. The lowest BCUT2D eigenvalue weighted by Crippen LogP contribution is -2.22.